The van der Waals surface area contributed by atoms with Crippen molar-refractivity contribution in [3.63, 3.8) is 0 Å². The lowest BCUT2D eigenvalue weighted by atomic mass is 9.60. The average Bonchev–Trinajstić information content (AvgIpc) is 2.53. The van der Waals surface area contributed by atoms with Gasteiger partial charge in [0.05, 0.1) is 0 Å². The SMILES string of the molecule is C[C@H](CSc1ccc(F)cc1)C(=O)NCC1([C@H](C)CCO)CCC1. The Labute approximate surface area is 148 Å². The molecule has 3 nitrogen and oxygen atoms in total. The fourth-order valence-corrected chi connectivity index (χ4v) is 4.16. The van der Waals surface area contributed by atoms with Gasteiger partial charge in [-0.05, 0) is 54.9 Å². The fourth-order valence-electron chi connectivity index (χ4n) is 3.24. The zero-order chi connectivity index (χ0) is 17.6. The highest BCUT2D eigenvalue weighted by Crippen LogP contribution is 2.47. The maximum absolute atomic E-state index is 12.9. The van der Waals surface area contributed by atoms with Crippen LogP contribution in [0.2, 0.25) is 0 Å². The molecule has 0 unspecified atom stereocenters. The first-order valence-corrected chi connectivity index (χ1v) is 9.72. The molecule has 0 bridgehead atoms. The second-order valence-electron chi connectivity index (χ2n) is 7.01. The zero-order valence-electron chi connectivity index (χ0n) is 14.6. The Balaban J connectivity index is 1.77. The quantitative estimate of drug-likeness (QED) is 0.663. The van der Waals surface area contributed by atoms with E-state index in [4.69, 9.17) is 5.11 Å². The fraction of sp³-hybridized carbons (Fsp3) is 0.632. The number of amides is 1. The van der Waals surface area contributed by atoms with Crippen molar-refractivity contribution in [3.05, 3.63) is 30.1 Å². The van der Waals surface area contributed by atoms with Crippen LogP contribution in [0.4, 0.5) is 4.39 Å². The lowest BCUT2D eigenvalue weighted by molar-refractivity contribution is -0.125. The van der Waals surface area contributed by atoms with E-state index in [0.717, 1.165) is 24.2 Å². The number of aliphatic hydroxyl groups is 1. The molecular weight excluding hydrogens is 325 g/mol. The third-order valence-electron chi connectivity index (χ3n) is 5.33. The lowest BCUT2D eigenvalue weighted by Crippen LogP contribution is -2.47. The second-order valence-corrected chi connectivity index (χ2v) is 8.11. The Morgan fingerprint density at radius 3 is 2.54 bits per heavy atom. The average molecular weight is 354 g/mol. The van der Waals surface area contributed by atoms with E-state index in [1.54, 1.807) is 23.9 Å². The van der Waals surface area contributed by atoms with Crippen molar-refractivity contribution in [3.8, 4) is 0 Å². The van der Waals surface area contributed by atoms with E-state index >= 15 is 0 Å². The molecule has 24 heavy (non-hydrogen) atoms. The number of benzene rings is 1. The van der Waals surface area contributed by atoms with Crippen LogP contribution >= 0.6 is 11.8 Å². The number of hydrogen-bond donors (Lipinski definition) is 2. The van der Waals surface area contributed by atoms with Crippen molar-refractivity contribution in [2.75, 3.05) is 18.9 Å². The van der Waals surface area contributed by atoms with Gasteiger partial charge < -0.3 is 10.4 Å². The summed E-state index contributed by atoms with van der Waals surface area (Å²) in [6.45, 7) is 5.02. The summed E-state index contributed by atoms with van der Waals surface area (Å²) in [6, 6.07) is 6.36. The summed E-state index contributed by atoms with van der Waals surface area (Å²) in [6.07, 6.45) is 4.27. The molecule has 0 spiro atoms. The number of carbonyl (C=O) groups excluding carboxylic acids is 1. The first kappa shape index (κ1) is 19.3. The Hall–Kier alpha value is -1.07. The number of thioether (sulfide) groups is 1. The van der Waals surface area contributed by atoms with Gasteiger partial charge in [-0.25, -0.2) is 4.39 Å². The molecule has 0 saturated heterocycles. The summed E-state index contributed by atoms with van der Waals surface area (Å²) in [5.74, 6) is 0.849. The molecule has 1 amide bonds. The largest absolute Gasteiger partial charge is 0.396 e. The van der Waals surface area contributed by atoms with Gasteiger partial charge in [-0.2, -0.15) is 0 Å². The van der Waals surface area contributed by atoms with Crippen LogP contribution in [0, 0.1) is 23.1 Å². The zero-order valence-corrected chi connectivity index (χ0v) is 15.4. The summed E-state index contributed by atoms with van der Waals surface area (Å²) in [7, 11) is 0. The number of halogens is 1. The summed E-state index contributed by atoms with van der Waals surface area (Å²) in [5, 5.41) is 12.3. The molecule has 1 fully saturated rings. The van der Waals surface area contributed by atoms with Gasteiger partial charge in [0.15, 0.2) is 0 Å². The Bertz CT molecular complexity index is 531. The first-order valence-electron chi connectivity index (χ1n) is 8.74. The lowest BCUT2D eigenvalue weighted by Gasteiger charge is -2.47. The molecule has 1 aromatic rings. The van der Waals surface area contributed by atoms with Crippen molar-refractivity contribution >= 4 is 17.7 Å². The highest BCUT2D eigenvalue weighted by Gasteiger charge is 2.41. The summed E-state index contributed by atoms with van der Waals surface area (Å²) < 4.78 is 12.9. The molecule has 0 aromatic heterocycles. The van der Waals surface area contributed by atoms with E-state index in [2.05, 4.69) is 12.2 Å². The van der Waals surface area contributed by atoms with Crippen molar-refractivity contribution in [1.82, 2.24) is 5.32 Å². The second kappa shape index (κ2) is 8.86. The topological polar surface area (TPSA) is 49.3 Å². The maximum Gasteiger partial charge on any atom is 0.223 e. The smallest absolute Gasteiger partial charge is 0.223 e. The molecule has 2 rings (SSSR count). The minimum absolute atomic E-state index is 0.0760. The summed E-state index contributed by atoms with van der Waals surface area (Å²) in [4.78, 5) is 13.3. The summed E-state index contributed by atoms with van der Waals surface area (Å²) >= 11 is 1.57. The first-order chi connectivity index (χ1) is 11.5. The van der Waals surface area contributed by atoms with Crippen molar-refractivity contribution in [1.29, 1.82) is 0 Å². The number of aliphatic hydroxyl groups excluding tert-OH is 1. The van der Waals surface area contributed by atoms with Crippen molar-refractivity contribution in [2.24, 2.45) is 17.3 Å². The number of nitrogens with one attached hydrogen (secondary N) is 1. The van der Waals surface area contributed by atoms with Gasteiger partial charge in [0.1, 0.15) is 5.82 Å². The van der Waals surface area contributed by atoms with Crippen molar-refractivity contribution < 1.29 is 14.3 Å². The predicted octanol–water partition coefficient (Wildman–Crippen LogP) is 3.86. The molecule has 1 aromatic carbocycles. The van der Waals surface area contributed by atoms with Crippen LogP contribution in [0.25, 0.3) is 0 Å². The normalized spacial score (nSPS) is 18.5. The van der Waals surface area contributed by atoms with Gasteiger partial charge in [-0.1, -0.05) is 20.3 Å². The highest BCUT2D eigenvalue weighted by molar-refractivity contribution is 7.99. The van der Waals surface area contributed by atoms with Crippen LogP contribution in [-0.2, 0) is 4.79 Å². The van der Waals surface area contributed by atoms with Crippen LogP contribution in [0.5, 0.6) is 0 Å². The Kier molecular flexibility index (Phi) is 7.11. The van der Waals surface area contributed by atoms with Gasteiger partial charge in [0.25, 0.3) is 0 Å². The highest BCUT2D eigenvalue weighted by atomic mass is 32.2. The molecule has 0 heterocycles. The van der Waals surface area contributed by atoms with Crippen LogP contribution in [0.15, 0.2) is 29.2 Å². The summed E-state index contributed by atoms with van der Waals surface area (Å²) in [5.41, 5.74) is 0.169. The van der Waals surface area contributed by atoms with E-state index in [1.807, 2.05) is 6.92 Å². The molecule has 0 radical (unpaired) electrons. The number of carbonyl (C=O) groups is 1. The molecule has 5 heteroatoms. The molecule has 1 saturated carbocycles. The van der Waals surface area contributed by atoms with Crippen LogP contribution in [0.3, 0.4) is 0 Å². The van der Waals surface area contributed by atoms with Crippen LogP contribution in [-0.4, -0.2) is 29.9 Å². The third-order valence-corrected chi connectivity index (χ3v) is 6.60. The molecule has 134 valence electrons. The monoisotopic (exact) mass is 353 g/mol. The van der Waals surface area contributed by atoms with Crippen molar-refractivity contribution in [2.45, 2.75) is 44.4 Å². The molecule has 2 N–H and O–H groups in total. The van der Waals surface area contributed by atoms with Crippen LogP contribution < -0.4 is 5.32 Å². The van der Waals surface area contributed by atoms with E-state index < -0.39 is 0 Å². The molecular formula is C19H28FNO2S. The Morgan fingerprint density at radius 2 is 2.00 bits per heavy atom. The minimum Gasteiger partial charge on any atom is -0.396 e. The molecule has 1 aliphatic carbocycles. The Morgan fingerprint density at radius 1 is 1.33 bits per heavy atom. The molecule has 0 aliphatic heterocycles. The van der Waals surface area contributed by atoms with Gasteiger partial charge in [0, 0.05) is 29.7 Å². The van der Waals surface area contributed by atoms with Crippen LogP contribution in [0.1, 0.15) is 39.5 Å². The molecule has 1 aliphatic rings. The van der Waals surface area contributed by atoms with Gasteiger partial charge in [0.2, 0.25) is 5.91 Å². The number of hydrogen-bond acceptors (Lipinski definition) is 3. The minimum atomic E-state index is -0.243. The standard InChI is InChI=1S/C19H28FNO2S/c1-14(12-24-17-6-4-16(20)5-7-17)18(23)21-13-19(9-3-10-19)15(2)8-11-22/h4-7,14-15,22H,3,8-13H2,1-2H3,(H,21,23)/t14-,15-/m1/s1. The predicted molar refractivity (Wildman–Crippen MR) is 96.4 cm³/mol. The van der Waals surface area contributed by atoms with E-state index in [9.17, 15) is 9.18 Å². The molecule has 2 atom stereocenters. The van der Waals surface area contributed by atoms with E-state index in [0.29, 0.717) is 18.2 Å². The van der Waals surface area contributed by atoms with Gasteiger partial charge >= 0.3 is 0 Å². The van der Waals surface area contributed by atoms with E-state index in [-0.39, 0.29) is 29.7 Å². The maximum atomic E-state index is 12.9. The third kappa shape index (κ3) is 4.96. The number of rotatable bonds is 9. The van der Waals surface area contributed by atoms with Gasteiger partial charge in [-0.3, -0.25) is 4.79 Å². The van der Waals surface area contributed by atoms with Gasteiger partial charge in [-0.15, -0.1) is 11.8 Å². The van der Waals surface area contributed by atoms with E-state index in [1.165, 1.54) is 18.6 Å².